The van der Waals surface area contributed by atoms with E-state index in [-0.39, 0.29) is 63.9 Å². The number of aliphatic hydroxyl groups is 1. The van der Waals surface area contributed by atoms with E-state index in [1.54, 1.807) is 6.92 Å². The molecule has 42 heavy (non-hydrogen) atoms. The molecule has 228 valence electrons. The fourth-order valence-corrected chi connectivity index (χ4v) is 7.20. The number of rotatable bonds is 9. The standard InChI is InChI=1S/C27H33FN4O8S2/c1-16-13-32(17(2)15-33)27(34)23-12-21(30-41(35,36)22-9-6-20(28)7-10-22)8-11-24(23)39-25(16)14-31(5)42(37,38)26-18(3)29-40-19(26)4/h6-12,16-17,25,30,33H,13-15H2,1-5H3/t16-,17+,25-/m0/s1. The smallest absolute Gasteiger partial charge is 0.261 e. The van der Waals surface area contributed by atoms with Gasteiger partial charge in [-0.25, -0.2) is 21.2 Å². The third-order valence-corrected chi connectivity index (χ3v) is 10.6. The number of amides is 1. The van der Waals surface area contributed by atoms with E-state index in [9.17, 15) is 31.1 Å². The lowest BCUT2D eigenvalue weighted by atomic mass is 9.99. The Morgan fingerprint density at radius 2 is 1.83 bits per heavy atom. The first-order chi connectivity index (χ1) is 19.6. The van der Waals surface area contributed by atoms with Crippen LogP contribution in [0, 0.1) is 25.6 Å². The summed E-state index contributed by atoms with van der Waals surface area (Å²) in [6, 6.07) is 7.80. The number of nitrogens with one attached hydrogen (secondary N) is 1. The first kappa shape index (κ1) is 31.4. The van der Waals surface area contributed by atoms with Crippen molar-refractivity contribution >= 4 is 31.6 Å². The Bertz CT molecular complexity index is 1660. The zero-order valence-electron chi connectivity index (χ0n) is 23.7. The van der Waals surface area contributed by atoms with Gasteiger partial charge in [0.1, 0.15) is 28.3 Å². The number of likely N-dealkylation sites (N-methyl/N-ethyl adjacent to an activating group) is 1. The Balaban J connectivity index is 1.69. The summed E-state index contributed by atoms with van der Waals surface area (Å²) < 4.78 is 80.7. The fraction of sp³-hybridized carbons (Fsp3) is 0.407. The number of carbonyl (C=O) groups excluding carboxylic acids is 1. The molecule has 3 aromatic rings. The SMILES string of the molecule is Cc1noc(C)c1S(=O)(=O)N(C)C[C@@H]1Oc2ccc(NS(=O)(=O)c3ccc(F)cc3)cc2C(=O)N([C@H](C)CO)C[C@@H]1C. The summed E-state index contributed by atoms with van der Waals surface area (Å²) in [4.78, 5) is 14.9. The molecule has 0 saturated carbocycles. The molecule has 2 heterocycles. The maximum atomic E-state index is 13.7. The highest BCUT2D eigenvalue weighted by atomic mass is 32.2. The van der Waals surface area contributed by atoms with Gasteiger partial charge >= 0.3 is 0 Å². The highest BCUT2D eigenvalue weighted by Crippen LogP contribution is 2.32. The van der Waals surface area contributed by atoms with Gasteiger partial charge in [0.25, 0.3) is 15.9 Å². The molecule has 1 aromatic heterocycles. The lowest BCUT2D eigenvalue weighted by Crippen LogP contribution is -2.50. The van der Waals surface area contributed by atoms with Crippen LogP contribution < -0.4 is 9.46 Å². The van der Waals surface area contributed by atoms with Crippen LogP contribution in [0.5, 0.6) is 5.75 Å². The van der Waals surface area contributed by atoms with Crippen LogP contribution >= 0.6 is 0 Å². The molecule has 0 radical (unpaired) electrons. The average Bonchev–Trinajstić information content (AvgIpc) is 3.28. The van der Waals surface area contributed by atoms with Crippen molar-refractivity contribution in [3.05, 3.63) is 65.3 Å². The number of sulfonamides is 2. The summed E-state index contributed by atoms with van der Waals surface area (Å²) in [5, 5.41) is 13.6. The zero-order valence-corrected chi connectivity index (χ0v) is 25.4. The van der Waals surface area contributed by atoms with Gasteiger partial charge in [0, 0.05) is 25.2 Å². The number of nitrogens with zero attached hydrogens (tertiary/aromatic N) is 3. The second-order valence-corrected chi connectivity index (χ2v) is 14.0. The molecule has 0 bridgehead atoms. The number of aliphatic hydroxyl groups excluding tert-OH is 1. The molecule has 3 atom stereocenters. The normalized spacial score (nSPS) is 18.7. The van der Waals surface area contributed by atoms with E-state index in [0.29, 0.717) is 0 Å². The minimum Gasteiger partial charge on any atom is -0.488 e. The van der Waals surface area contributed by atoms with E-state index in [1.807, 2.05) is 6.92 Å². The third kappa shape index (κ3) is 6.28. The third-order valence-electron chi connectivity index (χ3n) is 7.11. The van der Waals surface area contributed by atoms with Crippen LogP contribution in [0.25, 0.3) is 0 Å². The number of hydrogen-bond donors (Lipinski definition) is 2. The quantitative estimate of drug-likeness (QED) is 0.365. The van der Waals surface area contributed by atoms with Crippen LogP contribution in [0.3, 0.4) is 0 Å². The van der Waals surface area contributed by atoms with E-state index in [2.05, 4.69) is 9.88 Å². The van der Waals surface area contributed by atoms with Crippen molar-refractivity contribution < 1.29 is 40.4 Å². The predicted molar refractivity (Wildman–Crippen MR) is 151 cm³/mol. The molecule has 1 aliphatic heterocycles. The van der Waals surface area contributed by atoms with Gasteiger partial charge in [0.05, 0.1) is 29.7 Å². The van der Waals surface area contributed by atoms with Gasteiger partial charge in [-0.05, 0) is 63.2 Å². The van der Waals surface area contributed by atoms with Crippen LogP contribution in [-0.2, 0) is 20.0 Å². The molecule has 2 N–H and O–H groups in total. The van der Waals surface area contributed by atoms with E-state index in [1.165, 1.54) is 44.0 Å². The molecule has 0 fully saturated rings. The van der Waals surface area contributed by atoms with E-state index < -0.39 is 43.9 Å². The molecule has 2 aromatic carbocycles. The Kier molecular flexibility index (Phi) is 8.97. The van der Waals surface area contributed by atoms with Crippen molar-refractivity contribution in [2.75, 3.05) is 31.5 Å². The first-order valence-electron chi connectivity index (χ1n) is 13.1. The summed E-state index contributed by atoms with van der Waals surface area (Å²) in [7, 11) is -6.71. The van der Waals surface area contributed by atoms with E-state index in [0.717, 1.165) is 28.6 Å². The van der Waals surface area contributed by atoms with Gasteiger partial charge in [-0.15, -0.1) is 0 Å². The van der Waals surface area contributed by atoms with Gasteiger partial charge in [0.2, 0.25) is 10.0 Å². The molecule has 1 amide bonds. The molecule has 4 rings (SSSR count). The molecule has 1 aliphatic rings. The van der Waals surface area contributed by atoms with Crippen molar-refractivity contribution in [2.45, 2.75) is 49.6 Å². The molecule has 0 spiro atoms. The number of fused-ring (bicyclic) bond motifs is 1. The lowest BCUT2D eigenvalue weighted by Gasteiger charge is -2.38. The van der Waals surface area contributed by atoms with Gasteiger partial charge in [-0.3, -0.25) is 9.52 Å². The van der Waals surface area contributed by atoms with Gasteiger partial charge < -0.3 is 19.3 Å². The van der Waals surface area contributed by atoms with Gasteiger partial charge in [-0.1, -0.05) is 12.1 Å². The number of hydrogen-bond acceptors (Lipinski definition) is 9. The summed E-state index contributed by atoms with van der Waals surface area (Å²) in [5.74, 6) is -1.21. The van der Waals surface area contributed by atoms with Crippen LogP contribution in [0.1, 0.15) is 35.7 Å². The molecular formula is C27H33FN4O8S2. The number of carbonyl (C=O) groups is 1. The van der Waals surface area contributed by atoms with Crippen LogP contribution in [-0.4, -0.2) is 81.1 Å². The monoisotopic (exact) mass is 624 g/mol. The summed E-state index contributed by atoms with van der Waals surface area (Å²) in [6.07, 6.45) is -0.743. The summed E-state index contributed by atoms with van der Waals surface area (Å²) >= 11 is 0. The average molecular weight is 625 g/mol. The van der Waals surface area contributed by atoms with Crippen LogP contribution in [0.2, 0.25) is 0 Å². The minimum absolute atomic E-state index is 0.0164. The fourth-order valence-electron chi connectivity index (χ4n) is 4.68. The molecule has 0 unspecified atom stereocenters. The van der Waals surface area contributed by atoms with Crippen molar-refractivity contribution in [1.29, 1.82) is 0 Å². The maximum Gasteiger partial charge on any atom is 0.261 e. The van der Waals surface area contributed by atoms with Crippen LogP contribution in [0.15, 0.2) is 56.8 Å². The molecule has 12 nitrogen and oxygen atoms in total. The second-order valence-electron chi connectivity index (χ2n) is 10.3. The summed E-state index contributed by atoms with van der Waals surface area (Å²) in [6.45, 7) is 6.20. The number of benzene rings is 2. The second kappa shape index (κ2) is 12.0. The highest BCUT2D eigenvalue weighted by molar-refractivity contribution is 7.92. The lowest BCUT2D eigenvalue weighted by molar-refractivity contribution is 0.0387. The number of aryl methyl sites for hydroxylation is 2. The maximum absolute atomic E-state index is 13.7. The molecular weight excluding hydrogens is 591 g/mol. The van der Waals surface area contributed by atoms with Crippen molar-refractivity contribution in [1.82, 2.24) is 14.4 Å². The molecule has 0 aliphatic carbocycles. The predicted octanol–water partition coefficient (Wildman–Crippen LogP) is 2.77. The van der Waals surface area contributed by atoms with Crippen LogP contribution in [0.4, 0.5) is 10.1 Å². The first-order valence-corrected chi connectivity index (χ1v) is 16.0. The Morgan fingerprint density at radius 1 is 1.17 bits per heavy atom. The van der Waals surface area contributed by atoms with Crippen molar-refractivity contribution in [2.24, 2.45) is 5.92 Å². The van der Waals surface area contributed by atoms with E-state index >= 15 is 0 Å². The summed E-state index contributed by atoms with van der Waals surface area (Å²) in [5.41, 5.74) is 0.290. The number of ether oxygens (including phenoxy) is 1. The largest absolute Gasteiger partial charge is 0.488 e. The van der Waals surface area contributed by atoms with E-state index in [4.69, 9.17) is 9.26 Å². The Labute approximate surface area is 244 Å². The zero-order chi connectivity index (χ0) is 31.0. The highest BCUT2D eigenvalue weighted by Gasteiger charge is 2.37. The Morgan fingerprint density at radius 3 is 2.43 bits per heavy atom. The number of halogens is 1. The van der Waals surface area contributed by atoms with Crippen molar-refractivity contribution in [3.63, 3.8) is 0 Å². The number of anilines is 1. The minimum atomic E-state index is -4.11. The number of aromatic nitrogens is 1. The molecule has 15 heteroatoms. The topological polar surface area (TPSA) is 159 Å². The van der Waals surface area contributed by atoms with Gasteiger partial charge in [0.15, 0.2) is 5.76 Å². The molecule has 0 saturated heterocycles. The Hall–Kier alpha value is -3.53. The van der Waals surface area contributed by atoms with Gasteiger partial charge in [-0.2, -0.15) is 4.31 Å². The van der Waals surface area contributed by atoms with Crippen molar-refractivity contribution in [3.8, 4) is 5.75 Å².